The molecule has 0 bridgehead atoms. The number of anilines is 1. The molecule has 1 amide bonds. The van der Waals surface area contributed by atoms with Crippen molar-refractivity contribution in [1.82, 2.24) is 25.4 Å². The Morgan fingerprint density at radius 2 is 1.83 bits per heavy atom. The van der Waals surface area contributed by atoms with Gasteiger partial charge in [-0.15, -0.1) is 10.2 Å². The second kappa shape index (κ2) is 7.67. The molecule has 2 aromatic carbocycles. The van der Waals surface area contributed by atoms with Gasteiger partial charge in [-0.1, -0.05) is 26.0 Å². The summed E-state index contributed by atoms with van der Waals surface area (Å²) in [5, 5.41) is 18.0. The standard InChI is InChI=1S/C21H20N6O2/c1-12(2)18-23-19(26-25-18)16-6-4-5-7-17(16)22-20(28)14-8-10-15(11-9-14)21-27-24-13(3)29-21/h4-12H,1-3H3,(H,22,28)(H,23,25,26). The highest BCUT2D eigenvalue weighted by molar-refractivity contribution is 6.06. The molecular formula is C21H20N6O2. The first-order chi connectivity index (χ1) is 14.0. The minimum absolute atomic E-state index is 0.231. The Kier molecular flexibility index (Phi) is 4.90. The van der Waals surface area contributed by atoms with E-state index in [2.05, 4.69) is 30.7 Å². The number of rotatable bonds is 5. The zero-order valence-electron chi connectivity index (χ0n) is 16.3. The van der Waals surface area contributed by atoms with E-state index < -0.39 is 0 Å². The lowest BCUT2D eigenvalue weighted by Crippen LogP contribution is -2.12. The minimum atomic E-state index is -0.231. The second-order valence-corrected chi connectivity index (χ2v) is 6.90. The fourth-order valence-corrected chi connectivity index (χ4v) is 2.81. The number of aromatic nitrogens is 5. The average molecular weight is 388 g/mol. The number of hydrogen-bond donors (Lipinski definition) is 2. The molecule has 0 aliphatic heterocycles. The maximum absolute atomic E-state index is 12.8. The highest BCUT2D eigenvalue weighted by Gasteiger charge is 2.15. The first-order valence-corrected chi connectivity index (χ1v) is 9.25. The van der Waals surface area contributed by atoms with E-state index in [1.54, 1.807) is 31.2 Å². The molecule has 0 spiro atoms. The van der Waals surface area contributed by atoms with Crippen LogP contribution < -0.4 is 5.32 Å². The molecule has 8 heteroatoms. The number of aryl methyl sites for hydroxylation is 1. The summed E-state index contributed by atoms with van der Waals surface area (Å²) >= 11 is 0. The molecule has 4 rings (SSSR count). The number of amides is 1. The molecule has 2 N–H and O–H groups in total. The van der Waals surface area contributed by atoms with Crippen LogP contribution in [0, 0.1) is 6.92 Å². The van der Waals surface area contributed by atoms with Crippen molar-refractivity contribution in [3.05, 3.63) is 65.8 Å². The van der Waals surface area contributed by atoms with E-state index in [9.17, 15) is 4.79 Å². The number of nitrogens with one attached hydrogen (secondary N) is 2. The largest absolute Gasteiger partial charge is 0.421 e. The van der Waals surface area contributed by atoms with Crippen LogP contribution in [0.25, 0.3) is 22.8 Å². The number of H-pyrrole nitrogens is 1. The van der Waals surface area contributed by atoms with Crippen LogP contribution in [0.2, 0.25) is 0 Å². The van der Waals surface area contributed by atoms with Crippen LogP contribution in [0.4, 0.5) is 5.69 Å². The lowest BCUT2D eigenvalue weighted by atomic mass is 10.1. The summed E-state index contributed by atoms with van der Waals surface area (Å²) in [7, 11) is 0. The highest BCUT2D eigenvalue weighted by atomic mass is 16.4. The van der Waals surface area contributed by atoms with E-state index in [4.69, 9.17) is 4.42 Å². The van der Waals surface area contributed by atoms with Crippen molar-refractivity contribution in [2.75, 3.05) is 5.32 Å². The molecule has 0 fully saturated rings. The molecule has 0 radical (unpaired) electrons. The molecule has 8 nitrogen and oxygen atoms in total. The third-order valence-electron chi connectivity index (χ3n) is 4.39. The lowest BCUT2D eigenvalue weighted by Gasteiger charge is -2.09. The fraction of sp³-hybridized carbons (Fsp3) is 0.190. The number of benzene rings is 2. The van der Waals surface area contributed by atoms with Crippen LogP contribution in [0.3, 0.4) is 0 Å². The van der Waals surface area contributed by atoms with Gasteiger partial charge in [0.2, 0.25) is 11.8 Å². The summed E-state index contributed by atoms with van der Waals surface area (Å²) in [5.74, 6) is 2.26. The SMILES string of the molecule is Cc1nnc(-c2ccc(C(=O)Nc3ccccc3-c3n[nH]c(C(C)C)n3)cc2)o1. The minimum Gasteiger partial charge on any atom is -0.421 e. The number of aromatic amines is 1. The van der Waals surface area contributed by atoms with Crippen molar-refractivity contribution in [2.24, 2.45) is 0 Å². The third kappa shape index (κ3) is 3.91. The second-order valence-electron chi connectivity index (χ2n) is 6.90. The van der Waals surface area contributed by atoms with Crippen molar-refractivity contribution >= 4 is 11.6 Å². The molecule has 0 saturated carbocycles. The molecule has 146 valence electrons. The Morgan fingerprint density at radius 3 is 2.48 bits per heavy atom. The number of hydrogen-bond acceptors (Lipinski definition) is 6. The van der Waals surface area contributed by atoms with Crippen molar-refractivity contribution < 1.29 is 9.21 Å². The molecule has 0 aliphatic rings. The van der Waals surface area contributed by atoms with Gasteiger partial charge in [-0.25, -0.2) is 4.98 Å². The van der Waals surface area contributed by atoms with E-state index in [0.717, 1.165) is 17.0 Å². The number of nitrogens with zero attached hydrogens (tertiary/aromatic N) is 4. The summed E-state index contributed by atoms with van der Waals surface area (Å²) in [6.45, 7) is 5.81. The smallest absolute Gasteiger partial charge is 0.255 e. The summed E-state index contributed by atoms with van der Waals surface area (Å²) in [5.41, 5.74) is 2.66. The van der Waals surface area contributed by atoms with Crippen LogP contribution in [0.5, 0.6) is 0 Å². The molecule has 2 heterocycles. The van der Waals surface area contributed by atoms with Crippen LogP contribution >= 0.6 is 0 Å². The predicted octanol–water partition coefficient (Wildman–Crippen LogP) is 4.21. The summed E-state index contributed by atoms with van der Waals surface area (Å²) < 4.78 is 5.41. The topological polar surface area (TPSA) is 110 Å². The lowest BCUT2D eigenvalue weighted by molar-refractivity contribution is 0.102. The Labute approximate surface area is 167 Å². The number of carbonyl (C=O) groups excluding carboxylic acids is 1. The van der Waals surface area contributed by atoms with Crippen molar-refractivity contribution in [2.45, 2.75) is 26.7 Å². The van der Waals surface area contributed by atoms with E-state index in [-0.39, 0.29) is 11.8 Å². The van der Waals surface area contributed by atoms with Crippen molar-refractivity contribution in [1.29, 1.82) is 0 Å². The summed E-state index contributed by atoms with van der Waals surface area (Å²) in [6.07, 6.45) is 0. The summed E-state index contributed by atoms with van der Waals surface area (Å²) in [6, 6.07) is 14.4. The van der Waals surface area contributed by atoms with Gasteiger partial charge in [0.15, 0.2) is 5.82 Å². The molecule has 0 aliphatic carbocycles. The Bertz CT molecular complexity index is 1140. The molecule has 4 aromatic rings. The average Bonchev–Trinajstić information content (AvgIpc) is 3.38. The third-order valence-corrected chi connectivity index (χ3v) is 4.39. The first-order valence-electron chi connectivity index (χ1n) is 9.25. The number of para-hydroxylation sites is 1. The zero-order valence-corrected chi connectivity index (χ0v) is 16.3. The van der Waals surface area contributed by atoms with Crippen LogP contribution in [-0.2, 0) is 0 Å². The molecule has 29 heavy (non-hydrogen) atoms. The van der Waals surface area contributed by atoms with E-state index in [1.807, 2.05) is 38.1 Å². The van der Waals surface area contributed by atoms with Gasteiger partial charge >= 0.3 is 0 Å². The maximum Gasteiger partial charge on any atom is 0.255 e. The van der Waals surface area contributed by atoms with Crippen molar-refractivity contribution in [3.63, 3.8) is 0 Å². The molecule has 0 unspecified atom stereocenters. The van der Waals surface area contributed by atoms with Crippen molar-refractivity contribution in [3.8, 4) is 22.8 Å². The zero-order chi connectivity index (χ0) is 20.4. The van der Waals surface area contributed by atoms with E-state index >= 15 is 0 Å². The Hall–Kier alpha value is -3.81. The first kappa shape index (κ1) is 18.5. The fourth-order valence-electron chi connectivity index (χ4n) is 2.81. The van der Waals surface area contributed by atoms with E-state index in [1.165, 1.54) is 0 Å². The maximum atomic E-state index is 12.8. The summed E-state index contributed by atoms with van der Waals surface area (Å²) in [4.78, 5) is 17.3. The van der Waals surface area contributed by atoms with Gasteiger partial charge in [-0.05, 0) is 36.4 Å². The predicted molar refractivity (Wildman–Crippen MR) is 108 cm³/mol. The van der Waals surface area contributed by atoms with Crippen LogP contribution in [0.1, 0.15) is 41.8 Å². The molecule has 2 aromatic heterocycles. The van der Waals surface area contributed by atoms with Crippen LogP contribution in [0.15, 0.2) is 52.9 Å². The quantitative estimate of drug-likeness (QED) is 0.530. The van der Waals surface area contributed by atoms with Crippen LogP contribution in [-0.4, -0.2) is 31.3 Å². The van der Waals surface area contributed by atoms with Gasteiger partial charge in [0, 0.05) is 29.5 Å². The Balaban J connectivity index is 1.55. The molecule has 0 saturated heterocycles. The van der Waals surface area contributed by atoms with Gasteiger partial charge < -0.3 is 9.73 Å². The number of carbonyl (C=O) groups is 1. The van der Waals surface area contributed by atoms with Gasteiger partial charge in [0.25, 0.3) is 5.91 Å². The van der Waals surface area contributed by atoms with Gasteiger partial charge in [0.1, 0.15) is 5.82 Å². The van der Waals surface area contributed by atoms with E-state index in [0.29, 0.717) is 28.9 Å². The normalized spacial score (nSPS) is 11.0. The monoisotopic (exact) mass is 388 g/mol. The van der Waals surface area contributed by atoms with Gasteiger partial charge in [-0.3, -0.25) is 9.89 Å². The highest BCUT2D eigenvalue weighted by Crippen LogP contribution is 2.26. The molecular weight excluding hydrogens is 368 g/mol. The van der Waals surface area contributed by atoms with Gasteiger partial charge in [-0.2, -0.15) is 5.10 Å². The Morgan fingerprint density at radius 1 is 1.07 bits per heavy atom. The van der Waals surface area contributed by atoms with Gasteiger partial charge in [0.05, 0.1) is 5.69 Å². The molecule has 0 atom stereocenters.